The molecule has 2 heterocycles. The van der Waals surface area contributed by atoms with Crippen LogP contribution in [0.2, 0.25) is 0 Å². The summed E-state index contributed by atoms with van der Waals surface area (Å²) in [7, 11) is -3.76. The van der Waals surface area contributed by atoms with Crippen LogP contribution in [0.15, 0.2) is 78.2 Å². The monoisotopic (exact) mass is 488 g/mol. The highest BCUT2D eigenvalue weighted by Gasteiger charge is 2.42. The molecule has 0 radical (unpaired) electrons. The molecule has 5 rings (SSSR count). The van der Waals surface area contributed by atoms with Gasteiger partial charge in [0.15, 0.2) is 5.78 Å². The van der Waals surface area contributed by atoms with Gasteiger partial charge in [0.2, 0.25) is 0 Å². The molecule has 0 spiro atoms. The Morgan fingerprint density at radius 3 is 2.54 bits per heavy atom. The second kappa shape index (κ2) is 8.98. The van der Waals surface area contributed by atoms with E-state index in [1.165, 1.54) is 6.08 Å². The Bertz CT molecular complexity index is 1410. The van der Waals surface area contributed by atoms with E-state index in [1.807, 2.05) is 56.3 Å². The highest BCUT2D eigenvalue weighted by Crippen LogP contribution is 2.50. The summed E-state index contributed by atoms with van der Waals surface area (Å²) in [5.41, 5.74) is 6.04. The van der Waals surface area contributed by atoms with Crippen LogP contribution in [0.25, 0.3) is 0 Å². The molecule has 2 aliphatic heterocycles. The number of carbonyl (C=O) groups excluding carboxylic acids is 1. The summed E-state index contributed by atoms with van der Waals surface area (Å²) >= 11 is 0. The van der Waals surface area contributed by atoms with E-state index in [-0.39, 0.29) is 28.7 Å². The topological polar surface area (TPSA) is 84.5 Å². The molecule has 3 aromatic rings. The lowest BCUT2D eigenvalue weighted by Gasteiger charge is -2.36. The maximum atomic E-state index is 13.2. The maximum Gasteiger partial charge on any atom is 0.261 e. The number of rotatable bonds is 6. The second-order valence-corrected chi connectivity index (χ2v) is 10.9. The number of fused-ring (bicyclic) bond motifs is 3. The number of hydrogen-bond donors (Lipinski definition) is 2. The minimum Gasteiger partial charge on any atom is -0.378 e. The van der Waals surface area contributed by atoms with Crippen LogP contribution < -0.4 is 10.0 Å². The minimum absolute atomic E-state index is 0.000927. The highest BCUT2D eigenvalue weighted by atomic mass is 32.2. The smallest absolute Gasteiger partial charge is 0.261 e. The Kier molecular flexibility index (Phi) is 5.99. The molecule has 0 aliphatic carbocycles. The van der Waals surface area contributed by atoms with Crippen LogP contribution in [0.3, 0.4) is 0 Å². The SMILES string of the molecule is C=CC(=O)c1ccc(C2Nc3ccc(S(=O)(=O)Nc4ccc(C)c(C)c4)cc3[C@H]3OCC[C@@H]23)cc1. The van der Waals surface area contributed by atoms with Crippen molar-refractivity contribution in [2.75, 3.05) is 16.6 Å². The summed E-state index contributed by atoms with van der Waals surface area (Å²) in [6.07, 6.45) is 1.96. The van der Waals surface area contributed by atoms with Crippen molar-refractivity contribution >= 4 is 27.2 Å². The van der Waals surface area contributed by atoms with Crippen LogP contribution >= 0.6 is 0 Å². The molecule has 0 saturated carbocycles. The van der Waals surface area contributed by atoms with Crippen molar-refractivity contribution in [2.24, 2.45) is 5.92 Å². The van der Waals surface area contributed by atoms with Crippen LogP contribution in [-0.4, -0.2) is 20.8 Å². The Morgan fingerprint density at radius 2 is 1.83 bits per heavy atom. The molecular weight excluding hydrogens is 460 g/mol. The summed E-state index contributed by atoms with van der Waals surface area (Å²) in [5.74, 6) is 0.0397. The van der Waals surface area contributed by atoms with Crippen LogP contribution in [0.5, 0.6) is 0 Å². The number of allylic oxidation sites excluding steroid dienone is 1. The Balaban J connectivity index is 1.44. The molecule has 7 heteroatoms. The van der Waals surface area contributed by atoms with Crippen LogP contribution in [0.1, 0.15) is 51.2 Å². The number of anilines is 2. The van der Waals surface area contributed by atoms with Gasteiger partial charge in [0.25, 0.3) is 10.0 Å². The van der Waals surface area contributed by atoms with Gasteiger partial charge in [-0.15, -0.1) is 0 Å². The number of nitrogens with one attached hydrogen (secondary N) is 2. The fourth-order valence-electron chi connectivity index (χ4n) is 4.94. The molecule has 3 aromatic carbocycles. The summed E-state index contributed by atoms with van der Waals surface area (Å²) < 4.78 is 35.1. The Hall–Kier alpha value is -3.42. The average Bonchev–Trinajstić information content (AvgIpc) is 3.35. The maximum absolute atomic E-state index is 13.2. The summed E-state index contributed by atoms with van der Waals surface area (Å²) in [6, 6.07) is 18.2. The lowest BCUT2D eigenvalue weighted by Crippen LogP contribution is -2.29. The van der Waals surface area contributed by atoms with Crippen LogP contribution in [0, 0.1) is 19.8 Å². The number of carbonyl (C=O) groups is 1. The number of hydrogen-bond acceptors (Lipinski definition) is 5. The van der Waals surface area contributed by atoms with E-state index in [4.69, 9.17) is 4.74 Å². The summed E-state index contributed by atoms with van der Waals surface area (Å²) in [5, 5.41) is 3.59. The zero-order chi connectivity index (χ0) is 24.7. The molecule has 0 aromatic heterocycles. The normalized spacial score (nSPS) is 20.9. The number of sulfonamides is 1. The van der Waals surface area contributed by atoms with E-state index in [0.717, 1.165) is 34.4 Å². The van der Waals surface area contributed by atoms with E-state index >= 15 is 0 Å². The van der Waals surface area contributed by atoms with Crippen molar-refractivity contribution in [1.82, 2.24) is 0 Å². The van der Waals surface area contributed by atoms with Gasteiger partial charge in [-0.2, -0.15) is 0 Å². The Morgan fingerprint density at radius 1 is 1.06 bits per heavy atom. The number of ether oxygens (including phenoxy) is 1. The van der Waals surface area contributed by atoms with E-state index in [0.29, 0.717) is 17.9 Å². The van der Waals surface area contributed by atoms with Gasteiger partial charge < -0.3 is 10.1 Å². The van der Waals surface area contributed by atoms with Crippen molar-refractivity contribution in [3.8, 4) is 0 Å². The zero-order valence-corrected chi connectivity index (χ0v) is 20.6. The summed E-state index contributed by atoms with van der Waals surface area (Å²) in [4.78, 5) is 12.1. The van der Waals surface area contributed by atoms with Gasteiger partial charge >= 0.3 is 0 Å². The Labute approximate surface area is 206 Å². The highest BCUT2D eigenvalue weighted by molar-refractivity contribution is 7.92. The minimum atomic E-state index is -3.76. The van der Waals surface area contributed by atoms with Gasteiger partial charge in [0.1, 0.15) is 0 Å². The van der Waals surface area contributed by atoms with E-state index in [1.54, 1.807) is 18.2 Å². The number of aryl methyl sites for hydroxylation is 2. The van der Waals surface area contributed by atoms with Gasteiger partial charge in [-0.05, 0) is 73.4 Å². The predicted octanol–water partition coefficient (Wildman–Crippen LogP) is 5.72. The zero-order valence-electron chi connectivity index (χ0n) is 19.7. The first kappa shape index (κ1) is 23.3. The van der Waals surface area contributed by atoms with E-state index < -0.39 is 10.0 Å². The van der Waals surface area contributed by atoms with Gasteiger partial charge in [0, 0.05) is 35.0 Å². The predicted molar refractivity (Wildman–Crippen MR) is 137 cm³/mol. The van der Waals surface area contributed by atoms with Crippen molar-refractivity contribution in [1.29, 1.82) is 0 Å². The molecule has 2 N–H and O–H groups in total. The molecule has 1 saturated heterocycles. The second-order valence-electron chi connectivity index (χ2n) is 9.21. The first-order chi connectivity index (χ1) is 16.8. The first-order valence-electron chi connectivity index (χ1n) is 11.7. The molecule has 6 nitrogen and oxygen atoms in total. The van der Waals surface area contributed by atoms with Gasteiger partial charge in [-0.3, -0.25) is 9.52 Å². The molecular formula is C28H28N2O4S. The quantitative estimate of drug-likeness (QED) is 0.343. The number of ketones is 1. The molecule has 3 atom stereocenters. The summed E-state index contributed by atoms with van der Waals surface area (Å²) in [6.45, 7) is 8.10. The van der Waals surface area contributed by atoms with Crippen molar-refractivity contribution in [2.45, 2.75) is 37.3 Å². The molecule has 180 valence electrons. The standard InChI is InChI=1S/C28H28N2O4S/c1-4-26(31)19-6-8-20(9-7-19)27-23-13-14-34-28(23)24-16-22(11-12-25(24)29-27)35(32,33)30-21-10-5-17(2)18(3)15-21/h4-12,15-16,23,27-30H,1,13-14H2,2-3H3/t23-,27?,28-/m0/s1. The largest absolute Gasteiger partial charge is 0.378 e. The third-order valence-corrected chi connectivity index (χ3v) is 8.39. The number of benzene rings is 3. The molecule has 0 bridgehead atoms. The van der Waals surface area contributed by atoms with Crippen molar-refractivity contribution in [3.63, 3.8) is 0 Å². The fraction of sp³-hybridized carbons (Fsp3) is 0.250. The van der Waals surface area contributed by atoms with Crippen LogP contribution in [-0.2, 0) is 14.8 Å². The lowest BCUT2D eigenvalue weighted by molar-refractivity contribution is 0.0827. The van der Waals surface area contributed by atoms with Crippen molar-refractivity contribution < 1.29 is 17.9 Å². The lowest BCUT2D eigenvalue weighted by atomic mass is 9.81. The third-order valence-electron chi connectivity index (χ3n) is 7.02. The van der Waals surface area contributed by atoms with E-state index in [9.17, 15) is 13.2 Å². The molecule has 35 heavy (non-hydrogen) atoms. The molecule has 2 aliphatic rings. The fourth-order valence-corrected chi connectivity index (χ4v) is 6.02. The van der Waals surface area contributed by atoms with E-state index in [2.05, 4.69) is 16.6 Å². The molecule has 0 amide bonds. The molecule has 1 unspecified atom stereocenters. The van der Waals surface area contributed by atoms with Crippen molar-refractivity contribution in [3.05, 3.63) is 101 Å². The van der Waals surface area contributed by atoms with Gasteiger partial charge in [-0.1, -0.05) is 36.9 Å². The third kappa shape index (κ3) is 4.37. The van der Waals surface area contributed by atoms with Gasteiger partial charge in [0.05, 0.1) is 17.0 Å². The molecule has 1 fully saturated rings. The van der Waals surface area contributed by atoms with Crippen LogP contribution in [0.4, 0.5) is 11.4 Å². The first-order valence-corrected chi connectivity index (χ1v) is 13.1. The van der Waals surface area contributed by atoms with Gasteiger partial charge in [-0.25, -0.2) is 8.42 Å². The average molecular weight is 489 g/mol.